The minimum Gasteiger partial charge on any atom is -0.312 e. The van der Waals surface area contributed by atoms with E-state index in [0.717, 1.165) is 31.2 Å². The lowest BCUT2D eigenvalue weighted by Crippen LogP contribution is -2.11. The number of aromatic nitrogens is 2. The Morgan fingerprint density at radius 3 is 2.95 bits per heavy atom. The Kier molecular flexibility index (Phi) is 3.76. The fourth-order valence-corrected chi connectivity index (χ4v) is 3.90. The van der Waals surface area contributed by atoms with Crippen LogP contribution in [0, 0.1) is 11.3 Å². The van der Waals surface area contributed by atoms with Crippen molar-refractivity contribution in [2.75, 3.05) is 5.32 Å². The Hall–Kier alpha value is -2.13. The van der Waals surface area contributed by atoms with Crippen LogP contribution in [0.4, 0.5) is 5.00 Å². The van der Waals surface area contributed by atoms with Gasteiger partial charge in [-0.1, -0.05) is 6.42 Å². The van der Waals surface area contributed by atoms with Crippen LogP contribution >= 0.6 is 11.3 Å². The summed E-state index contributed by atoms with van der Waals surface area (Å²) < 4.78 is 1.59. The van der Waals surface area contributed by atoms with Crippen LogP contribution in [0.3, 0.4) is 0 Å². The van der Waals surface area contributed by atoms with Crippen LogP contribution in [0.2, 0.25) is 0 Å². The summed E-state index contributed by atoms with van der Waals surface area (Å²) in [6.45, 7) is 0. The molecule has 0 unspecified atom stereocenters. The maximum absolute atomic E-state index is 12.2. The lowest BCUT2D eigenvalue weighted by molar-refractivity contribution is 0.102. The molecule has 0 aromatic carbocycles. The smallest absolute Gasteiger partial charge is 0.259 e. The molecule has 21 heavy (non-hydrogen) atoms. The van der Waals surface area contributed by atoms with Crippen molar-refractivity contribution in [2.45, 2.75) is 32.1 Å². The average molecular weight is 300 g/mol. The fraction of sp³-hybridized carbons (Fsp3) is 0.400. The van der Waals surface area contributed by atoms with Crippen molar-refractivity contribution in [1.29, 1.82) is 5.26 Å². The number of thiophene rings is 1. The number of nitrogens with zero attached hydrogens (tertiary/aromatic N) is 3. The molecule has 2 heterocycles. The molecule has 3 rings (SSSR count). The SMILES string of the molecule is Cn1cc(C(=O)Nc2sc3c(c2C#N)CCCCC3)cn1. The summed E-state index contributed by atoms with van der Waals surface area (Å²) in [6, 6.07) is 2.27. The minimum absolute atomic E-state index is 0.212. The highest BCUT2D eigenvalue weighted by atomic mass is 32.1. The first-order valence-electron chi connectivity index (χ1n) is 7.03. The molecule has 0 bridgehead atoms. The molecule has 0 aliphatic heterocycles. The zero-order chi connectivity index (χ0) is 14.8. The highest BCUT2D eigenvalue weighted by Gasteiger charge is 2.21. The summed E-state index contributed by atoms with van der Waals surface area (Å²) in [5, 5.41) is 17.0. The number of fused-ring (bicyclic) bond motifs is 1. The molecule has 1 amide bonds. The van der Waals surface area contributed by atoms with E-state index in [9.17, 15) is 10.1 Å². The topological polar surface area (TPSA) is 70.7 Å². The highest BCUT2D eigenvalue weighted by Crippen LogP contribution is 2.37. The van der Waals surface area contributed by atoms with Gasteiger partial charge in [-0.05, 0) is 31.2 Å². The number of anilines is 1. The Bertz CT molecular complexity index is 723. The molecule has 2 aromatic rings. The van der Waals surface area contributed by atoms with E-state index in [4.69, 9.17) is 0 Å². The molecule has 0 spiro atoms. The third kappa shape index (κ3) is 2.69. The molecule has 0 radical (unpaired) electrons. The summed E-state index contributed by atoms with van der Waals surface area (Å²) >= 11 is 1.55. The van der Waals surface area contributed by atoms with Gasteiger partial charge in [0, 0.05) is 18.1 Å². The van der Waals surface area contributed by atoms with Gasteiger partial charge in [0.25, 0.3) is 5.91 Å². The van der Waals surface area contributed by atoms with Crippen LogP contribution in [-0.4, -0.2) is 15.7 Å². The second-order valence-corrected chi connectivity index (χ2v) is 6.34. The Morgan fingerprint density at radius 2 is 2.24 bits per heavy atom. The molecule has 1 aliphatic carbocycles. The third-order valence-corrected chi connectivity index (χ3v) is 4.93. The average Bonchev–Trinajstić information content (AvgIpc) is 2.96. The highest BCUT2D eigenvalue weighted by molar-refractivity contribution is 7.16. The van der Waals surface area contributed by atoms with E-state index in [2.05, 4.69) is 16.5 Å². The Balaban J connectivity index is 1.89. The van der Waals surface area contributed by atoms with Crippen LogP contribution in [0.5, 0.6) is 0 Å². The van der Waals surface area contributed by atoms with Crippen molar-refractivity contribution >= 4 is 22.2 Å². The van der Waals surface area contributed by atoms with E-state index >= 15 is 0 Å². The summed E-state index contributed by atoms with van der Waals surface area (Å²) in [7, 11) is 1.77. The van der Waals surface area contributed by atoms with Crippen LogP contribution < -0.4 is 5.32 Å². The van der Waals surface area contributed by atoms with Gasteiger partial charge in [-0.15, -0.1) is 11.3 Å². The van der Waals surface area contributed by atoms with Crippen LogP contribution in [0.1, 0.15) is 45.6 Å². The zero-order valence-electron chi connectivity index (χ0n) is 11.8. The summed E-state index contributed by atoms with van der Waals surface area (Å²) in [6.07, 6.45) is 8.64. The largest absolute Gasteiger partial charge is 0.312 e. The molecule has 6 heteroatoms. The van der Waals surface area contributed by atoms with Crippen molar-refractivity contribution in [1.82, 2.24) is 9.78 Å². The molecular formula is C15H16N4OS. The molecule has 0 atom stereocenters. The maximum Gasteiger partial charge on any atom is 0.259 e. The van der Waals surface area contributed by atoms with Crippen molar-refractivity contribution in [2.24, 2.45) is 7.05 Å². The van der Waals surface area contributed by atoms with E-state index in [1.54, 1.807) is 29.3 Å². The van der Waals surface area contributed by atoms with Gasteiger partial charge in [0.15, 0.2) is 0 Å². The van der Waals surface area contributed by atoms with Gasteiger partial charge in [-0.25, -0.2) is 0 Å². The molecule has 1 aliphatic rings. The van der Waals surface area contributed by atoms with Gasteiger partial charge in [-0.2, -0.15) is 10.4 Å². The second kappa shape index (κ2) is 5.70. The van der Waals surface area contributed by atoms with Crippen molar-refractivity contribution in [3.05, 3.63) is 34.0 Å². The molecule has 5 nitrogen and oxygen atoms in total. The molecule has 108 valence electrons. The molecule has 0 saturated heterocycles. The number of carbonyl (C=O) groups excluding carboxylic acids is 1. The lowest BCUT2D eigenvalue weighted by Gasteiger charge is -2.02. The minimum atomic E-state index is -0.212. The Labute approximate surface area is 127 Å². The first kappa shape index (κ1) is 13.8. The van der Waals surface area contributed by atoms with Gasteiger partial charge in [-0.3, -0.25) is 9.48 Å². The number of rotatable bonds is 2. The first-order chi connectivity index (χ1) is 10.2. The number of nitrogens with one attached hydrogen (secondary N) is 1. The first-order valence-corrected chi connectivity index (χ1v) is 7.85. The van der Waals surface area contributed by atoms with Gasteiger partial charge >= 0.3 is 0 Å². The van der Waals surface area contributed by atoms with Gasteiger partial charge < -0.3 is 5.32 Å². The number of hydrogen-bond donors (Lipinski definition) is 1. The van der Waals surface area contributed by atoms with E-state index in [0.29, 0.717) is 16.1 Å². The molecule has 2 aromatic heterocycles. The third-order valence-electron chi connectivity index (χ3n) is 3.73. The van der Waals surface area contributed by atoms with Crippen molar-refractivity contribution < 1.29 is 4.79 Å². The lowest BCUT2D eigenvalue weighted by atomic mass is 10.1. The normalized spacial score (nSPS) is 14.1. The van der Waals surface area contributed by atoms with Crippen LogP contribution in [0.15, 0.2) is 12.4 Å². The molecule has 1 N–H and O–H groups in total. The maximum atomic E-state index is 12.2. The van der Waals surface area contributed by atoms with E-state index < -0.39 is 0 Å². The number of carbonyl (C=O) groups is 1. The molecular weight excluding hydrogens is 284 g/mol. The quantitative estimate of drug-likeness (QED) is 0.867. The van der Waals surface area contributed by atoms with E-state index in [1.807, 2.05) is 0 Å². The Morgan fingerprint density at radius 1 is 1.43 bits per heavy atom. The number of nitriles is 1. The van der Waals surface area contributed by atoms with Crippen LogP contribution in [0.25, 0.3) is 0 Å². The molecule has 0 fully saturated rings. The standard InChI is InChI=1S/C15H16N4OS/c1-19-9-10(8-17-19)14(20)18-15-12(7-16)11-5-3-2-4-6-13(11)21-15/h8-9H,2-6H2,1H3,(H,18,20). The van der Waals surface area contributed by atoms with E-state index in [-0.39, 0.29) is 5.91 Å². The van der Waals surface area contributed by atoms with Gasteiger partial charge in [0.1, 0.15) is 11.1 Å². The summed E-state index contributed by atoms with van der Waals surface area (Å²) in [4.78, 5) is 13.5. The number of hydrogen-bond acceptors (Lipinski definition) is 4. The number of aryl methyl sites for hydroxylation is 2. The number of amides is 1. The fourth-order valence-electron chi connectivity index (χ4n) is 2.66. The predicted molar refractivity (Wildman–Crippen MR) is 81.5 cm³/mol. The second-order valence-electron chi connectivity index (χ2n) is 5.24. The van der Waals surface area contributed by atoms with Crippen molar-refractivity contribution in [3.8, 4) is 6.07 Å². The summed E-state index contributed by atoms with van der Waals surface area (Å²) in [5.41, 5.74) is 2.29. The monoisotopic (exact) mass is 300 g/mol. The zero-order valence-corrected chi connectivity index (χ0v) is 12.7. The predicted octanol–water partition coefficient (Wildman–Crippen LogP) is 2.87. The van der Waals surface area contributed by atoms with Gasteiger partial charge in [0.2, 0.25) is 0 Å². The van der Waals surface area contributed by atoms with Crippen molar-refractivity contribution in [3.63, 3.8) is 0 Å². The molecule has 0 saturated carbocycles. The van der Waals surface area contributed by atoms with Crippen LogP contribution in [-0.2, 0) is 19.9 Å². The van der Waals surface area contributed by atoms with E-state index in [1.165, 1.54) is 17.5 Å². The summed E-state index contributed by atoms with van der Waals surface area (Å²) in [5.74, 6) is -0.212. The van der Waals surface area contributed by atoms with Gasteiger partial charge in [0.05, 0.1) is 17.3 Å².